The second-order valence-electron chi connectivity index (χ2n) is 5.27. The van der Waals surface area contributed by atoms with Crippen LogP contribution in [0.2, 0.25) is 0 Å². The molecule has 0 aliphatic carbocycles. The van der Waals surface area contributed by atoms with Crippen molar-refractivity contribution in [2.24, 2.45) is 0 Å². The number of nitrogen functional groups attached to an aromatic ring is 1. The van der Waals surface area contributed by atoms with E-state index in [1.54, 1.807) is 30.2 Å². The van der Waals surface area contributed by atoms with Crippen LogP contribution in [0.25, 0.3) is 0 Å². The quantitative estimate of drug-likeness (QED) is 0.828. The Labute approximate surface area is 120 Å². The minimum Gasteiger partial charge on any atom is -0.497 e. The molecule has 2 rings (SSSR count). The highest BCUT2D eigenvalue weighted by Crippen LogP contribution is 2.19. The number of nitrogens with two attached hydrogens (primary N) is 1. The van der Waals surface area contributed by atoms with Gasteiger partial charge in [-0.1, -0.05) is 0 Å². The van der Waals surface area contributed by atoms with E-state index in [1.165, 1.54) is 12.8 Å². The molecule has 1 fully saturated rings. The molecule has 110 valence electrons. The number of nitrogens with zero attached hydrogens (tertiary/aromatic N) is 2. The molecular weight excluding hydrogens is 254 g/mol. The number of rotatable bonds is 5. The average molecular weight is 277 g/mol. The number of hydrogen-bond acceptors (Lipinski definition) is 4. The molecule has 20 heavy (non-hydrogen) atoms. The van der Waals surface area contributed by atoms with Crippen LogP contribution >= 0.6 is 0 Å². The van der Waals surface area contributed by atoms with Crippen molar-refractivity contribution in [2.45, 2.75) is 12.8 Å². The molecule has 2 N–H and O–H groups in total. The molecule has 0 radical (unpaired) electrons. The molecule has 1 saturated heterocycles. The van der Waals surface area contributed by atoms with E-state index in [0.717, 1.165) is 26.2 Å². The van der Waals surface area contributed by atoms with E-state index in [-0.39, 0.29) is 5.91 Å². The molecule has 1 aromatic rings. The first-order chi connectivity index (χ1) is 9.60. The molecule has 0 bridgehead atoms. The molecule has 0 saturated carbocycles. The fraction of sp³-hybridized carbons (Fsp3) is 0.533. The van der Waals surface area contributed by atoms with Crippen molar-refractivity contribution in [3.63, 3.8) is 0 Å². The van der Waals surface area contributed by atoms with Gasteiger partial charge in [0.15, 0.2) is 0 Å². The number of amides is 1. The first kappa shape index (κ1) is 14.7. The predicted molar refractivity (Wildman–Crippen MR) is 80.0 cm³/mol. The second-order valence-corrected chi connectivity index (χ2v) is 5.27. The maximum Gasteiger partial charge on any atom is 0.253 e. The van der Waals surface area contributed by atoms with E-state index in [1.807, 2.05) is 7.05 Å². The fourth-order valence-corrected chi connectivity index (χ4v) is 2.48. The Morgan fingerprint density at radius 1 is 1.35 bits per heavy atom. The minimum atomic E-state index is -0.0187. The largest absolute Gasteiger partial charge is 0.497 e. The standard InChI is InChI=1S/C15H23N3O2/c1-17(7-8-18-5-3-4-6-18)15(19)12-9-13(16)11-14(10-12)20-2/h9-11H,3-8,16H2,1-2H3. The smallest absolute Gasteiger partial charge is 0.253 e. The van der Waals surface area contributed by atoms with E-state index >= 15 is 0 Å². The van der Waals surface area contributed by atoms with Crippen LogP contribution in [0.4, 0.5) is 5.69 Å². The Kier molecular flexibility index (Phi) is 4.84. The summed E-state index contributed by atoms with van der Waals surface area (Å²) in [5.41, 5.74) is 6.90. The van der Waals surface area contributed by atoms with Crippen LogP contribution in [0.1, 0.15) is 23.2 Å². The number of benzene rings is 1. The van der Waals surface area contributed by atoms with Crippen molar-refractivity contribution in [1.29, 1.82) is 0 Å². The van der Waals surface area contributed by atoms with Gasteiger partial charge in [0.1, 0.15) is 5.75 Å². The van der Waals surface area contributed by atoms with E-state index in [9.17, 15) is 4.79 Å². The van der Waals surface area contributed by atoms with Gasteiger partial charge in [0.05, 0.1) is 7.11 Å². The third-order valence-corrected chi connectivity index (χ3v) is 3.71. The summed E-state index contributed by atoms with van der Waals surface area (Å²) in [6, 6.07) is 5.13. The lowest BCUT2D eigenvalue weighted by Crippen LogP contribution is -2.35. The summed E-state index contributed by atoms with van der Waals surface area (Å²) in [6.45, 7) is 3.96. The van der Waals surface area contributed by atoms with Crippen molar-refractivity contribution < 1.29 is 9.53 Å². The zero-order valence-corrected chi connectivity index (χ0v) is 12.3. The van der Waals surface area contributed by atoms with Gasteiger partial charge in [0, 0.05) is 37.5 Å². The van der Waals surface area contributed by atoms with Crippen LogP contribution < -0.4 is 10.5 Å². The molecule has 5 nitrogen and oxygen atoms in total. The second kappa shape index (κ2) is 6.61. The van der Waals surface area contributed by atoms with Gasteiger partial charge in [-0.3, -0.25) is 4.79 Å². The first-order valence-corrected chi connectivity index (χ1v) is 7.02. The maximum atomic E-state index is 12.4. The summed E-state index contributed by atoms with van der Waals surface area (Å²) < 4.78 is 5.15. The zero-order valence-electron chi connectivity index (χ0n) is 12.3. The Hall–Kier alpha value is -1.75. The highest BCUT2D eigenvalue weighted by Gasteiger charge is 2.16. The van der Waals surface area contributed by atoms with Crippen LogP contribution in [0.3, 0.4) is 0 Å². The Balaban J connectivity index is 1.96. The van der Waals surface area contributed by atoms with Crippen molar-refractivity contribution in [1.82, 2.24) is 9.80 Å². The SMILES string of the molecule is COc1cc(N)cc(C(=O)N(C)CCN2CCCC2)c1. The maximum absolute atomic E-state index is 12.4. The number of carbonyl (C=O) groups is 1. The van der Waals surface area contributed by atoms with E-state index in [2.05, 4.69) is 4.90 Å². The topological polar surface area (TPSA) is 58.8 Å². The molecule has 0 atom stereocenters. The lowest BCUT2D eigenvalue weighted by atomic mass is 10.1. The van der Waals surface area contributed by atoms with Gasteiger partial charge in [0.2, 0.25) is 0 Å². The van der Waals surface area contributed by atoms with Gasteiger partial charge in [-0.15, -0.1) is 0 Å². The summed E-state index contributed by atoms with van der Waals surface area (Å²) in [6.07, 6.45) is 2.54. The van der Waals surface area contributed by atoms with Gasteiger partial charge in [-0.2, -0.15) is 0 Å². The summed E-state index contributed by atoms with van der Waals surface area (Å²) in [4.78, 5) is 16.5. The summed E-state index contributed by atoms with van der Waals surface area (Å²) in [5.74, 6) is 0.594. The van der Waals surface area contributed by atoms with Crippen LogP contribution in [0, 0.1) is 0 Å². The van der Waals surface area contributed by atoms with E-state index in [0.29, 0.717) is 17.0 Å². The lowest BCUT2D eigenvalue weighted by molar-refractivity contribution is 0.0782. The van der Waals surface area contributed by atoms with Gasteiger partial charge in [-0.25, -0.2) is 0 Å². The molecule has 0 spiro atoms. The number of likely N-dealkylation sites (tertiary alicyclic amines) is 1. The fourth-order valence-electron chi connectivity index (χ4n) is 2.48. The number of methoxy groups -OCH3 is 1. The monoisotopic (exact) mass is 277 g/mol. The zero-order chi connectivity index (χ0) is 14.5. The molecule has 1 aliphatic rings. The molecule has 1 amide bonds. The van der Waals surface area contributed by atoms with Crippen molar-refractivity contribution in [3.8, 4) is 5.75 Å². The third kappa shape index (κ3) is 3.63. The Morgan fingerprint density at radius 2 is 2.05 bits per heavy atom. The van der Waals surface area contributed by atoms with Crippen molar-refractivity contribution in [3.05, 3.63) is 23.8 Å². The Bertz CT molecular complexity index is 470. The molecule has 1 aromatic carbocycles. The van der Waals surface area contributed by atoms with Crippen molar-refractivity contribution >= 4 is 11.6 Å². The molecule has 0 unspecified atom stereocenters. The van der Waals surface area contributed by atoms with Crippen LogP contribution in [-0.4, -0.2) is 56.0 Å². The average Bonchev–Trinajstić information content (AvgIpc) is 2.96. The van der Waals surface area contributed by atoms with Crippen LogP contribution in [0.15, 0.2) is 18.2 Å². The molecule has 1 heterocycles. The Morgan fingerprint density at radius 3 is 2.70 bits per heavy atom. The number of carbonyl (C=O) groups excluding carboxylic acids is 1. The van der Waals surface area contributed by atoms with Gasteiger partial charge < -0.3 is 20.3 Å². The molecular formula is C15H23N3O2. The van der Waals surface area contributed by atoms with E-state index < -0.39 is 0 Å². The summed E-state index contributed by atoms with van der Waals surface area (Å²) in [7, 11) is 3.40. The normalized spacial score (nSPS) is 15.3. The third-order valence-electron chi connectivity index (χ3n) is 3.71. The highest BCUT2D eigenvalue weighted by atomic mass is 16.5. The number of ether oxygens (including phenoxy) is 1. The number of hydrogen-bond donors (Lipinski definition) is 1. The summed E-state index contributed by atoms with van der Waals surface area (Å²) in [5, 5.41) is 0. The predicted octanol–water partition coefficient (Wildman–Crippen LogP) is 1.45. The van der Waals surface area contributed by atoms with Gasteiger partial charge >= 0.3 is 0 Å². The highest BCUT2D eigenvalue weighted by molar-refractivity contribution is 5.95. The molecule has 1 aliphatic heterocycles. The van der Waals surface area contributed by atoms with Crippen LogP contribution in [-0.2, 0) is 0 Å². The van der Waals surface area contributed by atoms with Crippen LogP contribution in [0.5, 0.6) is 5.75 Å². The van der Waals surface area contributed by atoms with Gasteiger partial charge in [0.25, 0.3) is 5.91 Å². The lowest BCUT2D eigenvalue weighted by Gasteiger charge is -2.22. The van der Waals surface area contributed by atoms with Gasteiger partial charge in [-0.05, 0) is 38.1 Å². The molecule has 5 heteroatoms. The number of anilines is 1. The molecule has 0 aromatic heterocycles. The summed E-state index contributed by atoms with van der Waals surface area (Å²) >= 11 is 0. The van der Waals surface area contributed by atoms with Crippen molar-refractivity contribution in [2.75, 3.05) is 46.1 Å². The van der Waals surface area contributed by atoms with E-state index in [4.69, 9.17) is 10.5 Å². The minimum absolute atomic E-state index is 0.0187. The number of likely N-dealkylation sites (N-methyl/N-ethyl adjacent to an activating group) is 1. The first-order valence-electron chi connectivity index (χ1n) is 7.02.